The van der Waals surface area contributed by atoms with Gasteiger partial charge in [0.2, 0.25) is 0 Å². The number of rotatable bonds is 6. The molecule has 0 unspecified atom stereocenters. The molecule has 2 aromatic carbocycles. The second-order valence-corrected chi connectivity index (χ2v) is 7.76. The molecule has 0 saturated heterocycles. The fourth-order valence-electron chi connectivity index (χ4n) is 3.30. The lowest BCUT2D eigenvalue weighted by Gasteiger charge is -2.09. The first-order valence-corrected chi connectivity index (χ1v) is 10.4. The minimum Gasteiger partial charge on any atom is -0.493 e. The number of aryl methyl sites for hydroxylation is 1. The summed E-state index contributed by atoms with van der Waals surface area (Å²) >= 11 is 1.52. The Morgan fingerprint density at radius 2 is 1.97 bits per heavy atom. The second kappa shape index (κ2) is 8.51. The monoisotopic (exact) mass is 419 g/mol. The Bertz CT molecular complexity index is 1280. The molecular formula is C23H21N3O3S. The molecule has 4 aromatic rings. The van der Waals surface area contributed by atoms with E-state index in [1.165, 1.54) is 22.3 Å². The van der Waals surface area contributed by atoms with E-state index >= 15 is 0 Å². The van der Waals surface area contributed by atoms with Crippen LogP contribution in [0, 0.1) is 6.92 Å². The summed E-state index contributed by atoms with van der Waals surface area (Å²) in [5.74, 6) is 1.28. The minimum absolute atomic E-state index is 0.196. The Morgan fingerprint density at radius 1 is 1.17 bits per heavy atom. The van der Waals surface area contributed by atoms with E-state index < -0.39 is 0 Å². The average molecular weight is 420 g/mol. The summed E-state index contributed by atoms with van der Waals surface area (Å²) in [5.41, 5.74) is 2.51. The van der Waals surface area contributed by atoms with Crippen molar-refractivity contribution in [3.8, 4) is 22.6 Å². The van der Waals surface area contributed by atoms with Gasteiger partial charge in [-0.1, -0.05) is 30.3 Å². The molecule has 2 heterocycles. The molecule has 6 nitrogen and oxygen atoms in total. The number of hydrogen-bond donors (Lipinski definition) is 0. The standard InChI is InChI=1S/C23H21N3O3S/c1-4-29-19-12-16(10-11-18(19)28-3)13-25-26-14-24-22-21(23(26)27)20(15(2)30-22)17-8-6-5-7-9-17/h5-14H,4H2,1-3H3/b25-13-. The number of ether oxygens (including phenoxy) is 2. The first-order valence-electron chi connectivity index (χ1n) is 9.53. The Morgan fingerprint density at radius 3 is 2.70 bits per heavy atom. The van der Waals surface area contributed by atoms with Gasteiger partial charge in [-0.3, -0.25) is 4.79 Å². The SMILES string of the molecule is CCOc1cc(/C=N\n2cnc3sc(C)c(-c4ccccc4)c3c2=O)ccc1OC. The quantitative estimate of drug-likeness (QED) is 0.424. The van der Waals surface area contributed by atoms with E-state index in [4.69, 9.17) is 9.47 Å². The van der Waals surface area contributed by atoms with E-state index in [1.807, 2.05) is 62.4 Å². The van der Waals surface area contributed by atoms with Crippen LogP contribution in [0.1, 0.15) is 17.4 Å². The van der Waals surface area contributed by atoms with Crippen LogP contribution in [0.5, 0.6) is 11.5 Å². The topological polar surface area (TPSA) is 65.7 Å². The molecule has 0 spiro atoms. The van der Waals surface area contributed by atoms with Gasteiger partial charge < -0.3 is 9.47 Å². The molecule has 0 aliphatic rings. The van der Waals surface area contributed by atoms with Gasteiger partial charge in [0.05, 0.1) is 25.3 Å². The normalized spacial score (nSPS) is 11.3. The molecule has 0 aliphatic heterocycles. The van der Waals surface area contributed by atoms with E-state index in [-0.39, 0.29) is 5.56 Å². The smallest absolute Gasteiger partial charge is 0.283 e. The number of nitrogens with zero attached hydrogens (tertiary/aromatic N) is 3. The third-order valence-corrected chi connectivity index (χ3v) is 5.67. The van der Waals surface area contributed by atoms with Gasteiger partial charge in [0, 0.05) is 10.4 Å². The lowest BCUT2D eigenvalue weighted by Crippen LogP contribution is -2.16. The van der Waals surface area contributed by atoms with E-state index in [1.54, 1.807) is 13.3 Å². The molecular weight excluding hydrogens is 398 g/mol. The van der Waals surface area contributed by atoms with Crippen LogP contribution in [0.3, 0.4) is 0 Å². The highest BCUT2D eigenvalue weighted by Crippen LogP contribution is 2.35. The number of fused-ring (bicyclic) bond motifs is 1. The van der Waals surface area contributed by atoms with E-state index in [9.17, 15) is 4.79 Å². The fourth-order valence-corrected chi connectivity index (χ4v) is 4.30. The van der Waals surface area contributed by atoms with Crippen LogP contribution in [0.15, 0.2) is 64.8 Å². The summed E-state index contributed by atoms with van der Waals surface area (Å²) in [7, 11) is 1.60. The van der Waals surface area contributed by atoms with Crippen molar-refractivity contribution in [3.05, 3.63) is 75.7 Å². The lowest BCUT2D eigenvalue weighted by molar-refractivity contribution is 0.311. The van der Waals surface area contributed by atoms with Gasteiger partial charge >= 0.3 is 0 Å². The molecule has 30 heavy (non-hydrogen) atoms. The van der Waals surface area contributed by atoms with Crippen LogP contribution < -0.4 is 15.0 Å². The Kier molecular flexibility index (Phi) is 5.63. The zero-order valence-electron chi connectivity index (χ0n) is 17.0. The second-order valence-electron chi connectivity index (χ2n) is 6.56. The Balaban J connectivity index is 1.77. The predicted molar refractivity (Wildman–Crippen MR) is 121 cm³/mol. The summed E-state index contributed by atoms with van der Waals surface area (Å²) < 4.78 is 12.2. The van der Waals surface area contributed by atoms with Crippen molar-refractivity contribution in [3.63, 3.8) is 0 Å². The lowest BCUT2D eigenvalue weighted by atomic mass is 10.0. The summed E-state index contributed by atoms with van der Waals surface area (Å²) in [6.07, 6.45) is 3.07. The van der Waals surface area contributed by atoms with Crippen LogP contribution >= 0.6 is 11.3 Å². The van der Waals surface area contributed by atoms with Gasteiger partial charge in [-0.15, -0.1) is 11.3 Å². The predicted octanol–water partition coefficient (Wildman–Crippen LogP) is 4.72. The van der Waals surface area contributed by atoms with E-state index in [0.29, 0.717) is 28.3 Å². The zero-order chi connectivity index (χ0) is 21.1. The minimum atomic E-state index is -0.196. The molecule has 0 aliphatic carbocycles. The molecule has 4 rings (SSSR count). The number of hydrogen-bond acceptors (Lipinski definition) is 6. The zero-order valence-corrected chi connectivity index (χ0v) is 17.8. The fraction of sp³-hybridized carbons (Fsp3) is 0.174. The van der Waals surface area contributed by atoms with E-state index in [0.717, 1.165) is 21.6 Å². The molecule has 0 fully saturated rings. The van der Waals surface area contributed by atoms with Gasteiger partial charge in [-0.25, -0.2) is 4.98 Å². The molecule has 0 bridgehead atoms. The van der Waals surface area contributed by atoms with Crippen molar-refractivity contribution in [2.45, 2.75) is 13.8 Å². The highest BCUT2D eigenvalue weighted by Gasteiger charge is 2.16. The first-order chi connectivity index (χ1) is 14.6. The Labute approximate surface area is 178 Å². The summed E-state index contributed by atoms with van der Waals surface area (Å²) in [4.78, 5) is 19.4. The Hall–Kier alpha value is -3.45. The number of benzene rings is 2. The van der Waals surface area contributed by atoms with Gasteiger partial charge in [-0.05, 0) is 43.2 Å². The molecule has 2 aromatic heterocycles. The van der Waals surface area contributed by atoms with Gasteiger partial charge in [0.15, 0.2) is 11.5 Å². The third kappa shape index (κ3) is 3.71. The van der Waals surface area contributed by atoms with Crippen LogP contribution in [-0.4, -0.2) is 29.6 Å². The summed E-state index contributed by atoms with van der Waals surface area (Å²) in [6.45, 7) is 4.44. The van der Waals surface area contributed by atoms with Crippen LogP contribution in [0.4, 0.5) is 0 Å². The van der Waals surface area contributed by atoms with Gasteiger partial charge in [-0.2, -0.15) is 9.78 Å². The van der Waals surface area contributed by atoms with Crippen LogP contribution in [-0.2, 0) is 0 Å². The number of thiophene rings is 1. The van der Waals surface area contributed by atoms with Crippen molar-refractivity contribution in [2.24, 2.45) is 5.10 Å². The van der Waals surface area contributed by atoms with Gasteiger partial charge in [0.25, 0.3) is 5.56 Å². The molecule has 0 atom stereocenters. The molecule has 152 valence electrons. The molecule has 0 N–H and O–H groups in total. The molecule has 0 amide bonds. The van der Waals surface area contributed by atoms with Crippen molar-refractivity contribution >= 4 is 27.8 Å². The molecule has 7 heteroatoms. The van der Waals surface area contributed by atoms with Crippen LogP contribution in [0.2, 0.25) is 0 Å². The average Bonchev–Trinajstić information content (AvgIpc) is 3.11. The van der Waals surface area contributed by atoms with E-state index in [2.05, 4.69) is 10.1 Å². The highest BCUT2D eigenvalue weighted by atomic mass is 32.1. The highest BCUT2D eigenvalue weighted by molar-refractivity contribution is 7.19. The number of methoxy groups -OCH3 is 1. The van der Waals surface area contributed by atoms with Crippen LogP contribution in [0.25, 0.3) is 21.3 Å². The first kappa shape index (κ1) is 19.8. The van der Waals surface area contributed by atoms with Gasteiger partial charge in [0.1, 0.15) is 11.2 Å². The third-order valence-electron chi connectivity index (χ3n) is 4.65. The molecule has 0 radical (unpaired) electrons. The largest absolute Gasteiger partial charge is 0.493 e. The maximum absolute atomic E-state index is 13.2. The summed E-state index contributed by atoms with van der Waals surface area (Å²) in [5, 5.41) is 4.94. The van der Waals surface area contributed by atoms with Crippen molar-refractivity contribution in [1.82, 2.24) is 9.66 Å². The van der Waals surface area contributed by atoms with Crippen molar-refractivity contribution < 1.29 is 9.47 Å². The van der Waals surface area contributed by atoms with Crippen molar-refractivity contribution in [1.29, 1.82) is 0 Å². The number of aromatic nitrogens is 2. The van der Waals surface area contributed by atoms with Crippen molar-refractivity contribution in [2.75, 3.05) is 13.7 Å². The summed E-state index contributed by atoms with van der Waals surface area (Å²) in [6, 6.07) is 15.4. The maximum Gasteiger partial charge on any atom is 0.283 e. The molecule has 0 saturated carbocycles. The maximum atomic E-state index is 13.2.